The minimum absolute atomic E-state index is 0.0224. The van der Waals surface area contributed by atoms with Gasteiger partial charge in [-0.25, -0.2) is 4.98 Å². The molecule has 0 radical (unpaired) electrons. The van der Waals surface area contributed by atoms with Gasteiger partial charge in [-0.3, -0.25) is 9.69 Å². The van der Waals surface area contributed by atoms with E-state index < -0.39 is 0 Å². The summed E-state index contributed by atoms with van der Waals surface area (Å²) in [5.41, 5.74) is 1.34. The number of nitrogens with zero attached hydrogens (tertiary/aromatic N) is 2. The van der Waals surface area contributed by atoms with Crippen LogP contribution in [-0.2, 0) is 0 Å². The Balaban J connectivity index is 1.43. The highest BCUT2D eigenvalue weighted by molar-refractivity contribution is 7.08. The zero-order chi connectivity index (χ0) is 17.8. The average Bonchev–Trinajstić information content (AvgIpc) is 3.24. The molecule has 1 aliphatic heterocycles. The zero-order valence-electron chi connectivity index (χ0n) is 15.1. The first-order chi connectivity index (χ1) is 12.8. The van der Waals surface area contributed by atoms with Gasteiger partial charge < -0.3 is 4.74 Å². The number of likely N-dealkylation sites (tertiary alicyclic amines) is 1. The maximum Gasteiger partial charge on any atom is 0.213 e. The lowest BCUT2D eigenvalue weighted by Gasteiger charge is -2.41. The standard InChI is InChI=1S/C21H26N2O2S/c24-21(17-10-13-26-15-17)16-8-9-20(22-14-16)25-19-7-3-2-6-18(19)23-11-4-1-5-12-23/h8-10,13-15,18-19H,1-7,11-12H2. The van der Waals surface area contributed by atoms with Crippen LogP contribution < -0.4 is 4.74 Å². The molecule has 5 heteroatoms. The minimum Gasteiger partial charge on any atom is -0.473 e. The number of ether oxygens (including phenoxy) is 1. The summed E-state index contributed by atoms with van der Waals surface area (Å²) in [6, 6.07) is 6.04. The lowest BCUT2D eigenvalue weighted by Crippen LogP contribution is -2.49. The molecule has 3 heterocycles. The Morgan fingerprint density at radius 1 is 1.04 bits per heavy atom. The number of hydrogen-bond acceptors (Lipinski definition) is 5. The fourth-order valence-electron chi connectivity index (χ4n) is 4.18. The van der Waals surface area contributed by atoms with Gasteiger partial charge in [0.25, 0.3) is 0 Å². The van der Waals surface area contributed by atoms with E-state index in [1.807, 2.05) is 29.0 Å². The van der Waals surface area contributed by atoms with Gasteiger partial charge in [-0.1, -0.05) is 12.8 Å². The minimum atomic E-state index is 0.0224. The molecule has 2 atom stereocenters. The molecule has 2 aromatic heterocycles. The monoisotopic (exact) mass is 370 g/mol. The first-order valence-electron chi connectivity index (χ1n) is 9.75. The summed E-state index contributed by atoms with van der Waals surface area (Å²) in [5.74, 6) is 0.662. The highest BCUT2D eigenvalue weighted by atomic mass is 32.1. The maximum absolute atomic E-state index is 12.4. The predicted molar refractivity (Wildman–Crippen MR) is 104 cm³/mol. The molecule has 0 aromatic carbocycles. The predicted octanol–water partition coefficient (Wildman–Crippen LogP) is 4.55. The second kappa shape index (κ2) is 8.31. The molecule has 2 fully saturated rings. The summed E-state index contributed by atoms with van der Waals surface area (Å²) in [5, 5.41) is 3.79. The second-order valence-corrected chi connectivity index (χ2v) is 8.11. The van der Waals surface area contributed by atoms with Crippen molar-refractivity contribution in [2.45, 2.75) is 57.1 Å². The molecular weight excluding hydrogens is 344 g/mol. The number of rotatable bonds is 5. The van der Waals surface area contributed by atoms with E-state index in [-0.39, 0.29) is 11.9 Å². The van der Waals surface area contributed by atoms with Gasteiger partial charge in [-0.15, -0.1) is 0 Å². The van der Waals surface area contributed by atoms with E-state index >= 15 is 0 Å². The van der Waals surface area contributed by atoms with Crippen LogP contribution in [0.15, 0.2) is 35.2 Å². The summed E-state index contributed by atoms with van der Waals surface area (Å²) in [4.78, 5) is 19.4. The van der Waals surface area contributed by atoms with Crippen molar-refractivity contribution in [1.82, 2.24) is 9.88 Å². The lowest BCUT2D eigenvalue weighted by atomic mass is 9.90. The van der Waals surface area contributed by atoms with Crippen molar-refractivity contribution in [3.05, 3.63) is 46.3 Å². The first kappa shape index (κ1) is 17.7. The molecule has 26 heavy (non-hydrogen) atoms. The normalized spacial score (nSPS) is 24.3. The van der Waals surface area contributed by atoms with Crippen molar-refractivity contribution in [1.29, 1.82) is 0 Å². The topological polar surface area (TPSA) is 42.4 Å². The van der Waals surface area contributed by atoms with Gasteiger partial charge >= 0.3 is 0 Å². The third kappa shape index (κ3) is 3.99. The Morgan fingerprint density at radius 2 is 1.88 bits per heavy atom. The number of carbonyl (C=O) groups excluding carboxylic acids is 1. The van der Waals surface area contributed by atoms with Gasteiger partial charge in [-0.05, 0) is 62.7 Å². The van der Waals surface area contributed by atoms with E-state index in [9.17, 15) is 4.79 Å². The molecule has 4 nitrogen and oxygen atoms in total. The van der Waals surface area contributed by atoms with Crippen LogP contribution in [0.5, 0.6) is 5.88 Å². The molecule has 0 amide bonds. The van der Waals surface area contributed by atoms with Gasteiger partial charge in [0.05, 0.1) is 0 Å². The molecule has 0 N–H and O–H groups in total. The highest BCUT2D eigenvalue weighted by Gasteiger charge is 2.32. The molecule has 1 aliphatic carbocycles. The van der Waals surface area contributed by atoms with E-state index in [0.717, 1.165) is 12.0 Å². The third-order valence-electron chi connectivity index (χ3n) is 5.58. The number of thiophene rings is 1. The van der Waals surface area contributed by atoms with Gasteiger partial charge in [0.15, 0.2) is 5.78 Å². The van der Waals surface area contributed by atoms with Crippen molar-refractivity contribution in [2.75, 3.05) is 13.1 Å². The van der Waals surface area contributed by atoms with Gasteiger partial charge in [-0.2, -0.15) is 11.3 Å². The maximum atomic E-state index is 12.4. The van der Waals surface area contributed by atoms with Crippen molar-refractivity contribution in [3.8, 4) is 5.88 Å². The van der Waals surface area contributed by atoms with Crippen LogP contribution in [0.2, 0.25) is 0 Å². The van der Waals surface area contributed by atoms with Crippen LogP contribution in [0.1, 0.15) is 60.9 Å². The Labute approximate surface area is 159 Å². The molecule has 2 aliphatic rings. The van der Waals surface area contributed by atoms with Crippen LogP contribution in [0.4, 0.5) is 0 Å². The Kier molecular flexibility index (Phi) is 5.65. The van der Waals surface area contributed by atoms with E-state index in [4.69, 9.17) is 4.74 Å². The van der Waals surface area contributed by atoms with Crippen LogP contribution in [-0.4, -0.2) is 40.9 Å². The van der Waals surface area contributed by atoms with Gasteiger partial charge in [0, 0.05) is 34.8 Å². The van der Waals surface area contributed by atoms with E-state index in [0.29, 0.717) is 17.5 Å². The van der Waals surface area contributed by atoms with Crippen molar-refractivity contribution >= 4 is 17.1 Å². The molecule has 1 saturated heterocycles. The Hall–Kier alpha value is -1.72. The molecule has 0 spiro atoms. The van der Waals surface area contributed by atoms with Crippen LogP contribution >= 0.6 is 11.3 Å². The quantitative estimate of drug-likeness (QED) is 0.724. The number of piperidine rings is 1. The largest absolute Gasteiger partial charge is 0.473 e. The van der Waals surface area contributed by atoms with E-state index in [1.54, 1.807) is 6.20 Å². The summed E-state index contributed by atoms with van der Waals surface area (Å²) < 4.78 is 6.28. The highest BCUT2D eigenvalue weighted by Crippen LogP contribution is 2.29. The number of pyridine rings is 1. The van der Waals surface area contributed by atoms with Crippen LogP contribution in [0.3, 0.4) is 0 Å². The summed E-state index contributed by atoms with van der Waals surface area (Å²) in [6.07, 6.45) is 10.7. The third-order valence-corrected chi connectivity index (χ3v) is 6.26. The second-order valence-electron chi connectivity index (χ2n) is 7.33. The zero-order valence-corrected chi connectivity index (χ0v) is 15.9. The van der Waals surface area contributed by atoms with Crippen molar-refractivity contribution in [3.63, 3.8) is 0 Å². The number of carbonyl (C=O) groups is 1. The number of hydrogen-bond donors (Lipinski definition) is 0. The number of ketones is 1. The molecule has 138 valence electrons. The lowest BCUT2D eigenvalue weighted by molar-refractivity contribution is 0.0238. The molecule has 1 saturated carbocycles. The van der Waals surface area contributed by atoms with E-state index in [1.165, 1.54) is 63.0 Å². The SMILES string of the molecule is O=C(c1ccc(OC2CCCCC2N2CCCCC2)nc1)c1ccsc1. The fraction of sp³-hybridized carbons (Fsp3) is 0.524. The van der Waals surface area contributed by atoms with Crippen molar-refractivity contribution in [2.24, 2.45) is 0 Å². The van der Waals surface area contributed by atoms with Gasteiger partial charge in [0.1, 0.15) is 6.10 Å². The Bertz CT molecular complexity index is 708. The first-order valence-corrected chi connectivity index (χ1v) is 10.7. The summed E-state index contributed by atoms with van der Waals surface area (Å²) >= 11 is 1.53. The van der Waals surface area contributed by atoms with Crippen LogP contribution in [0.25, 0.3) is 0 Å². The van der Waals surface area contributed by atoms with Gasteiger partial charge in [0.2, 0.25) is 5.88 Å². The average molecular weight is 371 g/mol. The molecule has 4 rings (SSSR count). The molecular formula is C21H26N2O2S. The number of aromatic nitrogens is 1. The van der Waals surface area contributed by atoms with Crippen molar-refractivity contribution < 1.29 is 9.53 Å². The molecule has 0 bridgehead atoms. The summed E-state index contributed by atoms with van der Waals surface area (Å²) in [7, 11) is 0. The molecule has 2 unspecified atom stereocenters. The smallest absolute Gasteiger partial charge is 0.213 e. The summed E-state index contributed by atoms with van der Waals surface area (Å²) in [6.45, 7) is 2.40. The van der Waals surface area contributed by atoms with E-state index in [2.05, 4.69) is 9.88 Å². The molecule has 2 aromatic rings. The fourth-order valence-corrected chi connectivity index (χ4v) is 4.82. The Morgan fingerprint density at radius 3 is 2.62 bits per heavy atom. The van der Waals surface area contributed by atoms with Crippen LogP contribution in [0, 0.1) is 0 Å².